The second-order valence-corrected chi connectivity index (χ2v) is 6.60. The minimum Gasteiger partial charge on any atom is -0.497 e. The fraction of sp³-hybridized carbons (Fsp3) is 0.533. The van der Waals surface area contributed by atoms with Gasteiger partial charge in [-0.25, -0.2) is 0 Å². The number of benzene rings is 1. The van der Waals surface area contributed by atoms with Crippen LogP contribution in [0.2, 0.25) is 0 Å². The van der Waals surface area contributed by atoms with Gasteiger partial charge in [0.15, 0.2) is 0 Å². The Labute approximate surface area is 127 Å². The number of hydrogen-bond donors (Lipinski definition) is 1. The number of amides is 1. The van der Waals surface area contributed by atoms with Crippen molar-refractivity contribution < 1.29 is 9.53 Å². The summed E-state index contributed by atoms with van der Waals surface area (Å²) in [4.78, 5) is 14.7. The van der Waals surface area contributed by atoms with Gasteiger partial charge in [0.05, 0.1) is 12.7 Å². The highest BCUT2D eigenvalue weighted by atomic mass is 79.9. The van der Waals surface area contributed by atoms with E-state index < -0.39 is 0 Å². The first-order chi connectivity index (χ1) is 9.63. The van der Waals surface area contributed by atoms with Crippen molar-refractivity contribution in [1.82, 2.24) is 10.2 Å². The molecule has 3 rings (SSSR count). The Kier molecular flexibility index (Phi) is 3.73. The number of methoxy groups -OCH3 is 1. The van der Waals surface area contributed by atoms with E-state index in [1.54, 1.807) is 7.11 Å². The minimum absolute atomic E-state index is 0.0968. The van der Waals surface area contributed by atoms with Crippen LogP contribution >= 0.6 is 15.9 Å². The molecule has 1 aromatic carbocycles. The zero-order valence-corrected chi connectivity index (χ0v) is 13.2. The van der Waals surface area contributed by atoms with Crippen LogP contribution in [-0.2, 0) is 0 Å². The zero-order valence-electron chi connectivity index (χ0n) is 11.6. The van der Waals surface area contributed by atoms with Gasteiger partial charge in [-0.3, -0.25) is 4.79 Å². The molecule has 0 saturated carbocycles. The zero-order chi connectivity index (χ0) is 14.2. The molecule has 1 spiro atoms. The number of ether oxygens (including phenoxy) is 1. The van der Waals surface area contributed by atoms with Crippen LogP contribution in [0.5, 0.6) is 5.75 Å². The molecule has 2 aliphatic rings. The molecule has 0 aliphatic carbocycles. The molecule has 1 amide bonds. The normalized spacial score (nSPS) is 25.4. The van der Waals surface area contributed by atoms with Crippen LogP contribution in [-0.4, -0.2) is 44.1 Å². The number of halogens is 1. The van der Waals surface area contributed by atoms with Crippen molar-refractivity contribution in [2.24, 2.45) is 5.41 Å². The summed E-state index contributed by atoms with van der Waals surface area (Å²) < 4.78 is 6.04. The molecule has 0 radical (unpaired) electrons. The van der Waals surface area contributed by atoms with E-state index in [1.807, 2.05) is 23.1 Å². The maximum atomic E-state index is 12.7. The lowest BCUT2D eigenvalue weighted by molar-refractivity contribution is 0.0774. The maximum Gasteiger partial charge on any atom is 0.255 e. The van der Waals surface area contributed by atoms with Crippen molar-refractivity contribution in [3.8, 4) is 5.75 Å². The third-order valence-corrected chi connectivity index (χ3v) is 5.15. The lowest BCUT2D eigenvalue weighted by Gasteiger charge is -2.23. The van der Waals surface area contributed by atoms with Gasteiger partial charge in [-0.15, -0.1) is 0 Å². The first-order valence-electron chi connectivity index (χ1n) is 6.97. The van der Waals surface area contributed by atoms with Gasteiger partial charge in [0.25, 0.3) is 5.91 Å². The van der Waals surface area contributed by atoms with Gasteiger partial charge in [-0.1, -0.05) is 0 Å². The number of rotatable bonds is 2. The number of carbonyl (C=O) groups excluding carboxylic acids is 1. The maximum absolute atomic E-state index is 12.7. The molecule has 0 aromatic heterocycles. The molecule has 1 aromatic rings. The van der Waals surface area contributed by atoms with Gasteiger partial charge in [0, 0.05) is 29.5 Å². The van der Waals surface area contributed by atoms with E-state index >= 15 is 0 Å². The topological polar surface area (TPSA) is 41.6 Å². The number of nitrogens with one attached hydrogen (secondary N) is 1. The number of carbonyl (C=O) groups is 1. The quantitative estimate of drug-likeness (QED) is 0.899. The van der Waals surface area contributed by atoms with Crippen molar-refractivity contribution in [3.63, 3.8) is 0 Å². The highest BCUT2D eigenvalue weighted by Gasteiger charge is 2.42. The molecule has 1 unspecified atom stereocenters. The predicted octanol–water partition coefficient (Wildman–Crippen LogP) is 2.28. The number of hydrogen-bond acceptors (Lipinski definition) is 3. The summed E-state index contributed by atoms with van der Waals surface area (Å²) in [7, 11) is 1.62. The van der Waals surface area contributed by atoms with Crippen LogP contribution in [0.3, 0.4) is 0 Å². The van der Waals surface area contributed by atoms with Crippen LogP contribution < -0.4 is 10.1 Å². The molecule has 1 atom stereocenters. The molecule has 0 bridgehead atoms. The minimum atomic E-state index is 0.0968. The molecule has 2 heterocycles. The van der Waals surface area contributed by atoms with Crippen molar-refractivity contribution in [2.45, 2.75) is 12.8 Å². The van der Waals surface area contributed by atoms with Crippen LogP contribution in [0.4, 0.5) is 0 Å². The molecule has 4 nitrogen and oxygen atoms in total. The molecule has 2 fully saturated rings. The summed E-state index contributed by atoms with van der Waals surface area (Å²) in [6.45, 7) is 3.83. The fourth-order valence-electron chi connectivity index (χ4n) is 3.22. The predicted molar refractivity (Wildman–Crippen MR) is 81.1 cm³/mol. The molecule has 2 saturated heterocycles. The summed E-state index contributed by atoms with van der Waals surface area (Å²) in [6, 6.07) is 5.53. The van der Waals surface area contributed by atoms with E-state index in [0.717, 1.165) is 37.1 Å². The monoisotopic (exact) mass is 338 g/mol. The Morgan fingerprint density at radius 1 is 1.45 bits per heavy atom. The smallest absolute Gasteiger partial charge is 0.255 e. The van der Waals surface area contributed by atoms with E-state index in [9.17, 15) is 4.79 Å². The Hall–Kier alpha value is -1.07. The summed E-state index contributed by atoms with van der Waals surface area (Å²) in [5.41, 5.74) is 0.994. The highest BCUT2D eigenvalue weighted by molar-refractivity contribution is 9.10. The Bertz CT molecular complexity index is 527. The summed E-state index contributed by atoms with van der Waals surface area (Å²) >= 11 is 3.47. The van der Waals surface area contributed by atoms with E-state index in [-0.39, 0.29) is 5.91 Å². The molecular weight excluding hydrogens is 320 g/mol. The first kappa shape index (κ1) is 13.9. The van der Waals surface area contributed by atoms with Gasteiger partial charge < -0.3 is 15.0 Å². The Balaban J connectivity index is 1.79. The Morgan fingerprint density at radius 2 is 2.30 bits per heavy atom. The Morgan fingerprint density at radius 3 is 3.00 bits per heavy atom. The standard InChI is InChI=1S/C15H19BrN2O2/c1-20-11-2-3-13(16)12(8-11)14(19)18-7-5-15(10-18)4-6-17-9-15/h2-3,8,17H,4-7,9-10H2,1H3. The first-order valence-corrected chi connectivity index (χ1v) is 7.76. The average Bonchev–Trinajstić information content (AvgIpc) is 3.09. The molecule has 108 valence electrons. The molecule has 5 heteroatoms. The molecule has 2 aliphatic heterocycles. The number of likely N-dealkylation sites (tertiary alicyclic amines) is 1. The summed E-state index contributed by atoms with van der Waals surface area (Å²) in [5, 5.41) is 3.42. The van der Waals surface area contributed by atoms with Gasteiger partial charge in [0.1, 0.15) is 5.75 Å². The van der Waals surface area contributed by atoms with Crippen molar-refractivity contribution in [2.75, 3.05) is 33.3 Å². The summed E-state index contributed by atoms with van der Waals surface area (Å²) in [6.07, 6.45) is 2.28. The van der Waals surface area contributed by atoms with Crippen LogP contribution in [0.1, 0.15) is 23.2 Å². The van der Waals surface area contributed by atoms with E-state index in [0.29, 0.717) is 16.7 Å². The van der Waals surface area contributed by atoms with E-state index in [2.05, 4.69) is 21.2 Å². The molecule has 20 heavy (non-hydrogen) atoms. The van der Waals surface area contributed by atoms with Crippen molar-refractivity contribution >= 4 is 21.8 Å². The fourth-order valence-corrected chi connectivity index (χ4v) is 3.63. The van der Waals surface area contributed by atoms with Crippen LogP contribution in [0.15, 0.2) is 22.7 Å². The molecule has 1 N–H and O–H groups in total. The van der Waals surface area contributed by atoms with E-state index in [4.69, 9.17) is 4.74 Å². The molecular formula is C15H19BrN2O2. The van der Waals surface area contributed by atoms with Gasteiger partial charge in [0.2, 0.25) is 0 Å². The van der Waals surface area contributed by atoms with Gasteiger partial charge >= 0.3 is 0 Å². The number of nitrogens with zero attached hydrogens (tertiary/aromatic N) is 1. The van der Waals surface area contributed by atoms with Crippen LogP contribution in [0, 0.1) is 5.41 Å². The second-order valence-electron chi connectivity index (χ2n) is 5.75. The second kappa shape index (κ2) is 5.37. The van der Waals surface area contributed by atoms with Crippen LogP contribution in [0.25, 0.3) is 0 Å². The highest BCUT2D eigenvalue weighted by Crippen LogP contribution is 2.37. The largest absolute Gasteiger partial charge is 0.497 e. The van der Waals surface area contributed by atoms with Gasteiger partial charge in [-0.2, -0.15) is 0 Å². The van der Waals surface area contributed by atoms with Crippen molar-refractivity contribution in [3.05, 3.63) is 28.2 Å². The van der Waals surface area contributed by atoms with E-state index in [1.165, 1.54) is 6.42 Å². The third-order valence-electron chi connectivity index (χ3n) is 4.46. The summed E-state index contributed by atoms with van der Waals surface area (Å²) in [5.74, 6) is 0.813. The average molecular weight is 339 g/mol. The van der Waals surface area contributed by atoms with Gasteiger partial charge in [-0.05, 0) is 53.5 Å². The lowest BCUT2D eigenvalue weighted by atomic mass is 9.86. The third kappa shape index (κ3) is 2.44. The lowest BCUT2D eigenvalue weighted by Crippen LogP contribution is -2.33. The SMILES string of the molecule is COc1ccc(Br)c(C(=O)N2CCC3(CCNC3)C2)c1. The van der Waals surface area contributed by atoms with Crippen molar-refractivity contribution in [1.29, 1.82) is 0 Å².